The van der Waals surface area contributed by atoms with E-state index in [4.69, 9.17) is 0 Å². The fourth-order valence-electron chi connectivity index (χ4n) is 5.55. The number of nitrogens with zero attached hydrogens (tertiary/aromatic N) is 1. The van der Waals surface area contributed by atoms with Gasteiger partial charge in [0, 0.05) is 36.8 Å². The largest absolute Gasteiger partial charge is 0.378 e. The average Bonchev–Trinajstić information content (AvgIpc) is 3.35. The molecular weight excluding hydrogens is 448 g/mol. The monoisotopic (exact) mass is 482 g/mol. The van der Waals surface area contributed by atoms with E-state index in [1.165, 1.54) is 16.7 Å². The van der Waals surface area contributed by atoms with E-state index in [-0.39, 0.29) is 30.4 Å². The summed E-state index contributed by atoms with van der Waals surface area (Å²) in [6.45, 7) is 5.30. The Balaban J connectivity index is 1.22. The molecule has 2 aliphatic heterocycles. The molecule has 6 nitrogen and oxygen atoms in total. The molecule has 1 fully saturated rings. The lowest BCUT2D eigenvalue weighted by atomic mass is 9.80. The molecule has 5 rings (SSSR count). The van der Waals surface area contributed by atoms with Gasteiger partial charge in [0.1, 0.15) is 0 Å². The maximum Gasteiger partial charge on any atom is 0.319 e. The fourth-order valence-corrected chi connectivity index (χ4v) is 5.55. The first-order chi connectivity index (χ1) is 17.5. The van der Waals surface area contributed by atoms with Crippen molar-refractivity contribution in [1.29, 1.82) is 0 Å². The summed E-state index contributed by atoms with van der Waals surface area (Å²) in [4.78, 5) is 27.7. The van der Waals surface area contributed by atoms with Gasteiger partial charge in [-0.05, 0) is 47.2 Å². The van der Waals surface area contributed by atoms with Gasteiger partial charge in [0.2, 0.25) is 5.91 Å². The smallest absolute Gasteiger partial charge is 0.319 e. The van der Waals surface area contributed by atoms with E-state index >= 15 is 0 Å². The third-order valence-corrected chi connectivity index (χ3v) is 7.40. The molecule has 186 valence electrons. The Labute approximate surface area is 213 Å². The second kappa shape index (κ2) is 10.4. The van der Waals surface area contributed by atoms with Crippen molar-refractivity contribution in [3.8, 4) is 0 Å². The first kappa shape index (κ1) is 23.9. The first-order valence-electron chi connectivity index (χ1n) is 12.9. The number of likely N-dealkylation sites (tertiary alicyclic amines) is 1. The summed E-state index contributed by atoms with van der Waals surface area (Å²) in [6, 6.07) is 26.5. The molecule has 1 saturated heterocycles. The van der Waals surface area contributed by atoms with Crippen molar-refractivity contribution in [3.05, 3.63) is 95.6 Å². The number of anilines is 2. The van der Waals surface area contributed by atoms with Gasteiger partial charge in [-0.2, -0.15) is 0 Å². The van der Waals surface area contributed by atoms with Crippen LogP contribution in [0.15, 0.2) is 78.9 Å². The van der Waals surface area contributed by atoms with Gasteiger partial charge in [-0.1, -0.05) is 74.5 Å². The van der Waals surface area contributed by atoms with Crippen LogP contribution in [0.4, 0.5) is 16.2 Å². The van der Waals surface area contributed by atoms with Crippen molar-refractivity contribution in [2.24, 2.45) is 5.92 Å². The molecule has 0 unspecified atom stereocenters. The number of benzene rings is 3. The van der Waals surface area contributed by atoms with Crippen LogP contribution in [-0.4, -0.2) is 29.9 Å². The average molecular weight is 483 g/mol. The standard InChI is InChI=1S/C30H34N4O2/c1-20(2)21-12-14-23(15-13-21)32-30(36)31-18-16-27(35)34-19-17-25-28(22-8-4-3-5-9-22)33-26-11-7-6-10-24(26)29(25)34/h3-15,20,25,28-29,33H,16-19H2,1-2H3,(H2,31,32,36)/t25-,28+,29+/m1/s1. The van der Waals surface area contributed by atoms with E-state index in [0.717, 1.165) is 24.3 Å². The normalized spacial score (nSPS) is 20.3. The summed E-state index contributed by atoms with van der Waals surface area (Å²) in [5, 5.41) is 9.42. The number of fused-ring (bicyclic) bond motifs is 3. The van der Waals surface area contributed by atoms with E-state index in [2.05, 4.69) is 66.2 Å². The van der Waals surface area contributed by atoms with Crippen LogP contribution in [0.2, 0.25) is 0 Å². The zero-order valence-corrected chi connectivity index (χ0v) is 20.9. The minimum Gasteiger partial charge on any atom is -0.378 e. The number of hydrogen-bond acceptors (Lipinski definition) is 3. The second-order valence-corrected chi connectivity index (χ2v) is 10.0. The molecule has 3 aromatic rings. The van der Waals surface area contributed by atoms with Gasteiger partial charge in [-0.25, -0.2) is 4.79 Å². The number of urea groups is 1. The van der Waals surface area contributed by atoms with Gasteiger partial charge < -0.3 is 20.9 Å². The number of hydrogen-bond donors (Lipinski definition) is 3. The summed E-state index contributed by atoms with van der Waals surface area (Å²) in [7, 11) is 0. The van der Waals surface area contributed by atoms with Gasteiger partial charge in [0.15, 0.2) is 0 Å². The highest BCUT2D eigenvalue weighted by Gasteiger charge is 2.45. The molecule has 36 heavy (non-hydrogen) atoms. The van der Waals surface area contributed by atoms with Crippen molar-refractivity contribution in [1.82, 2.24) is 10.2 Å². The summed E-state index contributed by atoms with van der Waals surface area (Å²) in [5.74, 6) is 0.822. The van der Waals surface area contributed by atoms with E-state index < -0.39 is 0 Å². The van der Waals surface area contributed by atoms with Crippen molar-refractivity contribution in [2.45, 2.75) is 44.7 Å². The molecule has 0 spiro atoms. The maximum atomic E-state index is 13.3. The summed E-state index contributed by atoms with van der Waals surface area (Å²) < 4.78 is 0. The highest BCUT2D eigenvalue weighted by molar-refractivity contribution is 5.89. The van der Waals surface area contributed by atoms with Gasteiger partial charge in [-0.3, -0.25) is 4.79 Å². The van der Waals surface area contributed by atoms with E-state index in [1.54, 1.807) is 0 Å². The van der Waals surface area contributed by atoms with Crippen LogP contribution in [0.1, 0.15) is 61.4 Å². The van der Waals surface area contributed by atoms with E-state index in [0.29, 0.717) is 18.4 Å². The van der Waals surface area contributed by atoms with Gasteiger partial charge in [0.05, 0.1) is 12.1 Å². The summed E-state index contributed by atoms with van der Waals surface area (Å²) in [6.07, 6.45) is 1.21. The molecule has 3 amide bonds. The Morgan fingerprint density at radius 1 is 0.972 bits per heavy atom. The lowest BCUT2D eigenvalue weighted by Crippen LogP contribution is -2.39. The van der Waals surface area contributed by atoms with Crippen molar-refractivity contribution < 1.29 is 9.59 Å². The maximum absolute atomic E-state index is 13.3. The predicted molar refractivity (Wildman–Crippen MR) is 144 cm³/mol. The van der Waals surface area contributed by atoms with E-state index in [1.807, 2.05) is 47.4 Å². The molecule has 0 bridgehead atoms. The number of rotatable bonds is 6. The summed E-state index contributed by atoms with van der Waals surface area (Å²) >= 11 is 0. The molecule has 3 N–H and O–H groups in total. The Kier molecular flexibility index (Phi) is 6.94. The zero-order chi connectivity index (χ0) is 25.1. The topological polar surface area (TPSA) is 73.5 Å². The molecule has 0 radical (unpaired) electrons. The molecule has 2 heterocycles. The van der Waals surface area contributed by atoms with E-state index in [9.17, 15) is 9.59 Å². The lowest BCUT2D eigenvalue weighted by molar-refractivity contribution is -0.132. The van der Waals surface area contributed by atoms with Crippen LogP contribution in [0.5, 0.6) is 0 Å². The Bertz CT molecular complexity index is 1210. The first-order valence-corrected chi connectivity index (χ1v) is 12.9. The zero-order valence-electron chi connectivity index (χ0n) is 20.9. The highest BCUT2D eigenvalue weighted by Crippen LogP contribution is 2.51. The Morgan fingerprint density at radius 2 is 1.69 bits per heavy atom. The molecule has 0 aromatic heterocycles. The third kappa shape index (κ3) is 4.94. The van der Waals surface area contributed by atoms with Crippen LogP contribution in [-0.2, 0) is 4.79 Å². The van der Waals surface area contributed by atoms with Crippen LogP contribution >= 0.6 is 0 Å². The van der Waals surface area contributed by atoms with Crippen molar-refractivity contribution in [3.63, 3.8) is 0 Å². The predicted octanol–water partition coefficient (Wildman–Crippen LogP) is 6.08. The number of amides is 3. The van der Waals surface area contributed by atoms with Crippen LogP contribution < -0.4 is 16.0 Å². The molecule has 0 saturated carbocycles. The minimum absolute atomic E-state index is 0.0356. The number of carbonyl (C=O) groups is 2. The van der Waals surface area contributed by atoms with Crippen LogP contribution in [0.25, 0.3) is 0 Å². The number of para-hydroxylation sites is 1. The Hall–Kier alpha value is -3.80. The molecule has 3 atom stereocenters. The minimum atomic E-state index is -0.296. The van der Waals surface area contributed by atoms with Gasteiger partial charge in [-0.15, -0.1) is 0 Å². The quantitative estimate of drug-likeness (QED) is 0.399. The van der Waals surface area contributed by atoms with Crippen LogP contribution in [0.3, 0.4) is 0 Å². The third-order valence-electron chi connectivity index (χ3n) is 7.40. The van der Waals surface area contributed by atoms with Crippen molar-refractivity contribution >= 4 is 23.3 Å². The van der Waals surface area contributed by atoms with Gasteiger partial charge in [0.25, 0.3) is 0 Å². The highest BCUT2D eigenvalue weighted by atomic mass is 16.2. The molecule has 2 aliphatic rings. The molecule has 0 aliphatic carbocycles. The second-order valence-electron chi connectivity index (χ2n) is 10.0. The molecular formula is C30H34N4O2. The molecule has 3 aromatic carbocycles. The molecule has 6 heteroatoms. The SMILES string of the molecule is CC(C)c1ccc(NC(=O)NCCC(=O)N2CC[C@@H]3[C@H](c4ccccc4)Nc4ccccc4[C@@H]32)cc1. The summed E-state index contributed by atoms with van der Waals surface area (Å²) in [5.41, 5.74) is 5.48. The van der Waals surface area contributed by atoms with Crippen LogP contribution in [0, 0.1) is 5.92 Å². The Morgan fingerprint density at radius 3 is 2.44 bits per heavy atom. The number of nitrogens with one attached hydrogen (secondary N) is 3. The fraction of sp³-hybridized carbons (Fsp3) is 0.333. The number of carbonyl (C=O) groups excluding carboxylic acids is 2. The van der Waals surface area contributed by atoms with Gasteiger partial charge >= 0.3 is 6.03 Å². The van der Waals surface area contributed by atoms with Crippen molar-refractivity contribution in [2.75, 3.05) is 23.7 Å². The lowest BCUT2D eigenvalue weighted by Gasteiger charge is -2.40.